The predicted octanol–water partition coefficient (Wildman–Crippen LogP) is 6.86. The smallest absolute Gasteiger partial charge is 0.416 e. The van der Waals surface area contributed by atoms with Crippen LogP contribution in [0.1, 0.15) is 25.0 Å². The lowest BCUT2D eigenvalue weighted by Gasteiger charge is -2.17. The van der Waals surface area contributed by atoms with E-state index in [2.05, 4.69) is 0 Å². The minimum Gasteiger partial charge on any atom is -0.455 e. The Balaban J connectivity index is 2.50. The summed E-state index contributed by atoms with van der Waals surface area (Å²) in [4.78, 5) is 10.7. The van der Waals surface area contributed by atoms with Crippen LogP contribution in [0.2, 0.25) is 5.02 Å². The average molecular weight is 468 g/mol. The summed E-state index contributed by atoms with van der Waals surface area (Å²) in [5, 5.41) is 11.1. The van der Waals surface area contributed by atoms with Gasteiger partial charge in [0.15, 0.2) is 0 Å². The first-order valence-corrected chi connectivity index (χ1v) is 11.0. The first-order valence-electron chi connectivity index (χ1n) is 8.65. The summed E-state index contributed by atoms with van der Waals surface area (Å²) in [5.74, 6) is -0.408. The molecule has 0 aliphatic heterocycles. The van der Waals surface area contributed by atoms with Gasteiger partial charge in [-0.2, -0.15) is 13.2 Å². The van der Waals surface area contributed by atoms with Crippen LogP contribution in [-0.4, -0.2) is 18.2 Å². The Morgan fingerprint density at radius 3 is 2.30 bits per heavy atom. The van der Waals surface area contributed by atoms with E-state index in [0.29, 0.717) is 18.1 Å². The summed E-state index contributed by atoms with van der Waals surface area (Å²) >= 11 is 5.92. The van der Waals surface area contributed by atoms with Gasteiger partial charge in [0, 0.05) is 24.4 Å². The van der Waals surface area contributed by atoms with E-state index in [-0.39, 0.29) is 28.9 Å². The number of halogens is 4. The third kappa shape index (κ3) is 5.87. The molecule has 0 amide bonds. The number of ether oxygens (including phenoxy) is 1. The number of nitro groups is 1. The standard InChI is InChI=1S/C18H18ClF3NO6P/c1-4-11-8-14(23(24)25)17(29-30(3,26)27-5-2)10-16(11)28-15-7-6-12(9-13(15)19)18(20,21)22/h6-10H,4-5H2,1-3H3. The SMILES string of the molecule is CCOP(C)(=O)Oc1cc(Oc2ccc(C(F)(F)F)cc2Cl)c(CC)cc1[N+](=O)[O-]. The van der Waals surface area contributed by atoms with Gasteiger partial charge in [0.25, 0.3) is 0 Å². The van der Waals surface area contributed by atoms with E-state index in [1.54, 1.807) is 13.8 Å². The van der Waals surface area contributed by atoms with E-state index in [9.17, 15) is 27.9 Å². The lowest BCUT2D eigenvalue weighted by atomic mass is 10.1. The molecule has 2 aromatic carbocycles. The quantitative estimate of drug-likeness (QED) is 0.239. The first kappa shape index (κ1) is 24.0. The number of rotatable bonds is 8. The predicted molar refractivity (Wildman–Crippen MR) is 105 cm³/mol. The second-order valence-electron chi connectivity index (χ2n) is 6.06. The molecule has 0 radical (unpaired) electrons. The summed E-state index contributed by atoms with van der Waals surface area (Å²) in [6.07, 6.45) is -4.28. The summed E-state index contributed by atoms with van der Waals surface area (Å²) in [6, 6.07) is 4.86. The lowest BCUT2D eigenvalue weighted by molar-refractivity contribution is -0.385. The highest BCUT2D eigenvalue weighted by Crippen LogP contribution is 2.49. The molecular weight excluding hydrogens is 450 g/mol. The Kier molecular flexibility index (Phi) is 7.39. The van der Waals surface area contributed by atoms with Crippen molar-refractivity contribution in [3.05, 3.63) is 56.6 Å². The van der Waals surface area contributed by atoms with E-state index in [1.807, 2.05) is 0 Å². The van der Waals surface area contributed by atoms with Crippen molar-refractivity contribution in [1.82, 2.24) is 0 Å². The van der Waals surface area contributed by atoms with E-state index >= 15 is 0 Å². The Bertz CT molecular complexity index is 999. The molecule has 0 fully saturated rings. The van der Waals surface area contributed by atoms with Gasteiger partial charge in [0.1, 0.15) is 11.5 Å². The maximum atomic E-state index is 12.8. The number of benzene rings is 2. The molecular formula is C18H18ClF3NO6P. The van der Waals surface area contributed by atoms with Gasteiger partial charge < -0.3 is 13.8 Å². The second-order valence-corrected chi connectivity index (χ2v) is 8.45. The molecule has 7 nitrogen and oxygen atoms in total. The van der Waals surface area contributed by atoms with Crippen molar-refractivity contribution in [1.29, 1.82) is 0 Å². The Hall–Kier alpha value is -2.29. The monoisotopic (exact) mass is 467 g/mol. The minimum atomic E-state index is -4.58. The topological polar surface area (TPSA) is 87.9 Å². The third-order valence-corrected chi connectivity index (χ3v) is 5.38. The van der Waals surface area contributed by atoms with Crippen molar-refractivity contribution in [3.63, 3.8) is 0 Å². The summed E-state index contributed by atoms with van der Waals surface area (Å²) in [6.45, 7) is 4.49. The van der Waals surface area contributed by atoms with E-state index in [0.717, 1.165) is 24.9 Å². The fourth-order valence-electron chi connectivity index (χ4n) is 2.50. The van der Waals surface area contributed by atoms with Crippen LogP contribution in [0.5, 0.6) is 17.2 Å². The molecule has 1 unspecified atom stereocenters. The molecule has 30 heavy (non-hydrogen) atoms. The number of alkyl halides is 3. The van der Waals surface area contributed by atoms with E-state index in [4.69, 9.17) is 25.4 Å². The summed E-state index contributed by atoms with van der Waals surface area (Å²) in [7, 11) is -3.65. The number of nitro benzene ring substituents is 1. The van der Waals surface area contributed by atoms with Gasteiger partial charge in [-0.05, 0) is 31.5 Å². The molecule has 2 rings (SSSR count). The van der Waals surface area contributed by atoms with Gasteiger partial charge in [-0.3, -0.25) is 10.1 Å². The Labute approximate surface area is 175 Å². The fraction of sp³-hybridized carbons (Fsp3) is 0.333. The van der Waals surface area contributed by atoms with Gasteiger partial charge >= 0.3 is 19.5 Å². The molecule has 164 valence electrons. The van der Waals surface area contributed by atoms with Crippen molar-refractivity contribution in [2.24, 2.45) is 0 Å². The largest absolute Gasteiger partial charge is 0.455 e. The van der Waals surface area contributed by atoms with Crippen LogP contribution < -0.4 is 9.26 Å². The molecule has 0 saturated carbocycles. The van der Waals surface area contributed by atoms with Crippen molar-refractivity contribution < 1.29 is 36.4 Å². The Morgan fingerprint density at radius 2 is 1.80 bits per heavy atom. The molecule has 1 atom stereocenters. The molecule has 2 aromatic rings. The molecule has 0 N–H and O–H groups in total. The molecule has 0 heterocycles. The Morgan fingerprint density at radius 1 is 1.13 bits per heavy atom. The summed E-state index contributed by atoms with van der Waals surface area (Å²) < 4.78 is 66.6. The van der Waals surface area contributed by atoms with Crippen LogP contribution in [0.4, 0.5) is 18.9 Å². The van der Waals surface area contributed by atoms with Crippen LogP contribution in [0.25, 0.3) is 0 Å². The van der Waals surface area contributed by atoms with Crippen LogP contribution in [0.3, 0.4) is 0 Å². The van der Waals surface area contributed by atoms with E-state index in [1.165, 1.54) is 6.07 Å². The second kappa shape index (κ2) is 9.24. The van der Waals surface area contributed by atoms with Gasteiger partial charge in [-0.1, -0.05) is 18.5 Å². The number of nitrogens with zero attached hydrogens (tertiary/aromatic N) is 1. The zero-order valence-corrected chi connectivity index (χ0v) is 17.8. The van der Waals surface area contributed by atoms with Gasteiger partial charge in [0.2, 0.25) is 5.75 Å². The lowest BCUT2D eigenvalue weighted by Crippen LogP contribution is -2.05. The normalized spacial score (nSPS) is 13.6. The van der Waals surface area contributed by atoms with Crippen molar-refractivity contribution in [3.8, 4) is 17.2 Å². The maximum Gasteiger partial charge on any atom is 0.416 e. The minimum absolute atomic E-state index is 0.0521. The molecule has 0 aliphatic carbocycles. The average Bonchev–Trinajstić information content (AvgIpc) is 2.62. The van der Waals surface area contributed by atoms with Crippen LogP contribution in [0.15, 0.2) is 30.3 Å². The van der Waals surface area contributed by atoms with Gasteiger partial charge in [-0.25, -0.2) is 4.57 Å². The highest BCUT2D eigenvalue weighted by Gasteiger charge is 2.31. The summed E-state index contributed by atoms with van der Waals surface area (Å²) in [5.41, 5.74) is -1.04. The molecule has 0 spiro atoms. The first-order chi connectivity index (χ1) is 13.9. The van der Waals surface area contributed by atoms with Crippen molar-refractivity contribution in [2.45, 2.75) is 26.4 Å². The van der Waals surface area contributed by atoms with E-state index < -0.39 is 29.9 Å². The van der Waals surface area contributed by atoms with Crippen LogP contribution >= 0.6 is 19.2 Å². The van der Waals surface area contributed by atoms with Crippen LogP contribution in [-0.2, 0) is 21.7 Å². The molecule has 0 aliphatic rings. The van der Waals surface area contributed by atoms with Gasteiger partial charge in [0.05, 0.1) is 22.1 Å². The molecule has 0 aromatic heterocycles. The molecule has 0 bridgehead atoms. The molecule has 0 saturated heterocycles. The number of aryl methyl sites for hydroxylation is 1. The zero-order valence-electron chi connectivity index (χ0n) is 16.2. The maximum absolute atomic E-state index is 12.8. The third-order valence-electron chi connectivity index (χ3n) is 3.83. The highest BCUT2D eigenvalue weighted by atomic mass is 35.5. The number of hydrogen-bond donors (Lipinski definition) is 0. The molecule has 12 heteroatoms. The van der Waals surface area contributed by atoms with Crippen LogP contribution in [0, 0.1) is 10.1 Å². The number of hydrogen-bond acceptors (Lipinski definition) is 6. The highest BCUT2D eigenvalue weighted by molar-refractivity contribution is 7.53. The fourth-order valence-corrected chi connectivity index (χ4v) is 3.74. The zero-order chi connectivity index (χ0) is 22.7. The van der Waals surface area contributed by atoms with Crippen molar-refractivity contribution >= 4 is 24.9 Å². The van der Waals surface area contributed by atoms with Gasteiger partial charge in [-0.15, -0.1) is 0 Å². The van der Waals surface area contributed by atoms with Crippen molar-refractivity contribution in [2.75, 3.05) is 13.3 Å².